The van der Waals surface area contributed by atoms with E-state index in [1.54, 1.807) is 7.05 Å². The van der Waals surface area contributed by atoms with Gasteiger partial charge in [-0.3, -0.25) is 14.5 Å². The van der Waals surface area contributed by atoms with Crippen LogP contribution in [-0.2, 0) is 16.0 Å². The maximum Gasteiger partial charge on any atom is 0.304 e. The van der Waals surface area contributed by atoms with Crippen molar-refractivity contribution >= 4 is 28.3 Å². The molecule has 0 saturated heterocycles. The Morgan fingerprint density at radius 2 is 1.74 bits per heavy atom. The number of aromatic nitrogens is 2. The molecule has 2 heterocycles. The Morgan fingerprint density at radius 3 is 2.38 bits per heavy atom. The molecule has 0 aliphatic rings. The number of hydrogen-bond donors (Lipinski definition) is 1. The molecule has 8 heteroatoms. The molecule has 0 radical (unpaired) electrons. The molecule has 4 aromatic rings. The second kappa shape index (κ2) is 10.0. The van der Waals surface area contributed by atoms with Gasteiger partial charge in [0.1, 0.15) is 5.76 Å². The van der Waals surface area contributed by atoms with E-state index in [1.807, 2.05) is 73.8 Å². The van der Waals surface area contributed by atoms with Crippen LogP contribution < -0.4 is 4.90 Å². The number of carbonyl (C=O) groups excluding carboxylic acids is 1. The second-order valence-corrected chi connectivity index (χ2v) is 8.98. The third kappa shape index (κ3) is 4.92. The monoisotopic (exact) mass is 475 g/mol. The zero-order chi connectivity index (χ0) is 24.2. The summed E-state index contributed by atoms with van der Waals surface area (Å²) in [6.07, 6.45) is 0.106. The number of thiazole rings is 1. The Bertz CT molecular complexity index is 1290. The molecule has 0 spiro atoms. The molecule has 0 aliphatic carbocycles. The molecule has 1 N–H and O–H groups in total. The molecule has 7 nitrogen and oxygen atoms in total. The lowest BCUT2D eigenvalue weighted by Crippen LogP contribution is -2.35. The number of nitrogens with zero attached hydrogens (tertiary/aromatic N) is 3. The maximum atomic E-state index is 13.3. The highest BCUT2D eigenvalue weighted by atomic mass is 32.1. The molecule has 174 valence electrons. The highest BCUT2D eigenvalue weighted by Crippen LogP contribution is 2.37. The standard InChI is InChI=1S/C26H25N3O4S/c1-16-24(17(2)33-28-16)21-12-8-7-11-20(21)22-15-34-26(27-22)29(3)25(32)19(14-23(30)31)13-18-9-5-4-6-10-18/h4-12,15,19H,13-14H2,1-3H3,(H,30,31). The number of anilines is 1. The molecule has 0 aliphatic heterocycles. The summed E-state index contributed by atoms with van der Waals surface area (Å²) in [5, 5.41) is 15.9. The predicted molar refractivity (Wildman–Crippen MR) is 132 cm³/mol. The number of aryl methyl sites for hydroxylation is 2. The topological polar surface area (TPSA) is 96.5 Å². The normalized spacial score (nSPS) is 11.9. The quantitative estimate of drug-likeness (QED) is 0.368. The van der Waals surface area contributed by atoms with Gasteiger partial charge in [-0.05, 0) is 31.4 Å². The van der Waals surface area contributed by atoms with Crippen LogP contribution in [0.2, 0.25) is 0 Å². The van der Waals surface area contributed by atoms with E-state index in [-0.39, 0.29) is 12.3 Å². The number of hydrogen-bond acceptors (Lipinski definition) is 6. The molecule has 0 bridgehead atoms. The van der Waals surface area contributed by atoms with Gasteiger partial charge in [0.05, 0.1) is 23.7 Å². The molecule has 2 aromatic heterocycles. The largest absolute Gasteiger partial charge is 0.481 e. The first-order valence-electron chi connectivity index (χ1n) is 10.9. The summed E-state index contributed by atoms with van der Waals surface area (Å²) in [6.45, 7) is 3.78. The molecule has 2 aromatic carbocycles. The Labute approximate surface area is 201 Å². The molecule has 1 atom stereocenters. The van der Waals surface area contributed by atoms with E-state index in [4.69, 9.17) is 9.51 Å². The Morgan fingerprint density at radius 1 is 1.06 bits per heavy atom. The number of carbonyl (C=O) groups is 2. The van der Waals surface area contributed by atoms with E-state index in [9.17, 15) is 14.7 Å². The van der Waals surface area contributed by atoms with Crippen LogP contribution in [0.1, 0.15) is 23.4 Å². The Balaban J connectivity index is 1.62. The van der Waals surface area contributed by atoms with Crippen molar-refractivity contribution < 1.29 is 19.2 Å². The highest BCUT2D eigenvalue weighted by molar-refractivity contribution is 7.14. The van der Waals surface area contributed by atoms with Crippen LogP contribution in [0.15, 0.2) is 64.5 Å². The van der Waals surface area contributed by atoms with Gasteiger partial charge in [-0.15, -0.1) is 11.3 Å². The van der Waals surface area contributed by atoms with Gasteiger partial charge in [-0.2, -0.15) is 0 Å². The fourth-order valence-corrected chi connectivity index (χ4v) is 4.85. The number of rotatable bonds is 8. The van der Waals surface area contributed by atoms with Gasteiger partial charge in [0.25, 0.3) is 0 Å². The van der Waals surface area contributed by atoms with Crippen molar-refractivity contribution in [3.05, 3.63) is 77.0 Å². The fraction of sp³-hybridized carbons (Fsp3) is 0.231. The number of carboxylic acid groups (broad SMARTS) is 1. The van der Waals surface area contributed by atoms with Gasteiger partial charge in [0.2, 0.25) is 5.91 Å². The van der Waals surface area contributed by atoms with Crippen molar-refractivity contribution in [2.75, 3.05) is 11.9 Å². The molecule has 34 heavy (non-hydrogen) atoms. The van der Waals surface area contributed by atoms with Gasteiger partial charge in [-0.25, -0.2) is 4.98 Å². The van der Waals surface area contributed by atoms with Crippen LogP contribution in [0.25, 0.3) is 22.4 Å². The van der Waals surface area contributed by atoms with Crippen LogP contribution >= 0.6 is 11.3 Å². The Kier molecular flexibility index (Phi) is 6.88. The fourth-order valence-electron chi connectivity index (χ4n) is 4.06. The van der Waals surface area contributed by atoms with E-state index >= 15 is 0 Å². The minimum atomic E-state index is -1.00. The van der Waals surface area contributed by atoms with Gasteiger partial charge < -0.3 is 9.63 Å². The summed E-state index contributed by atoms with van der Waals surface area (Å²) in [6, 6.07) is 17.3. The lowest BCUT2D eigenvalue weighted by molar-refractivity contribution is -0.140. The predicted octanol–water partition coefficient (Wildman–Crippen LogP) is 5.38. The number of benzene rings is 2. The first-order valence-corrected chi connectivity index (χ1v) is 11.7. The molecule has 0 fully saturated rings. The third-order valence-corrected chi connectivity index (χ3v) is 6.63. The van der Waals surface area contributed by atoms with E-state index in [0.717, 1.165) is 39.4 Å². The summed E-state index contributed by atoms with van der Waals surface area (Å²) >= 11 is 1.35. The van der Waals surface area contributed by atoms with E-state index < -0.39 is 11.9 Å². The van der Waals surface area contributed by atoms with Gasteiger partial charge in [-0.1, -0.05) is 59.8 Å². The van der Waals surface area contributed by atoms with Crippen LogP contribution in [0, 0.1) is 19.8 Å². The lowest BCUT2D eigenvalue weighted by atomic mass is 9.95. The van der Waals surface area contributed by atoms with Gasteiger partial charge in [0, 0.05) is 23.6 Å². The minimum absolute atomic E-state index is 0.245. The van der Waals surface area contributed by atoms with Crippen molar-refractivity contribution in [2.45, 2.75) is 26.7 Å². The molecule has 1 amide bonds. The Hall–Kier alpha value is -3.78. The van der Waals surface area contributed by atoms with E-state index in [1.165, 1.54) is 16.2 Å². The zero-order valence-electron chi connectivity index (χ0n) is 19.2. The number of carboxylic acids is 1. The summed E-state index contributed by atoms with van der Waals surface area (Å²) in [4.78, 5) is 30.9. The minimum Gasteiger partial charge on any atom is -0.481 e. The zero-order valence-corrected chi connectivity index (χ0v) is 20.0. The van der Waals surface area contributed by atoms with Crippen molar-refractivity contribution in [1.82, 2.24) is 10.1 Å². The van der Waals surface area contributed by atoms with Crippen molar-refractivity contribution in [3.63, 3.8) is 0 Å². The maximum absolute atomic E-state index is 13.3. The summed E-state index contributed by atoms with van der Waals surface area (Å²) < 4.78 is 5.35. The van der Waals surface area contributed by atoms with Crippen LogP contribution in [-0.4, -0.2) is 34.2 Å². The van der Waals surface area contributed by atoms with Crippen LogP contribution in [0.4, 0.5) is 5.13 Å². The van der Waals surface area contributed by atoms with Crippen molar-refractivity contribution in [1.29, 1.82) is 0 Å². The first kappa shape index (κ1) is 23.4. The van der Waals surface area contributed by atoms with Gasteiger partial charge in [0.15, 0.2) is 5.13 Å². The third-order valence-electron chi connectivity index (χ3n) is 5.71. The first-order chi connectivity index (χ1) is 16.3. The average molecular weight is 476 g/mol. The highest BCUT2D eigenvalue weighted by Gasteiger charge is 2.27. The molecule has 0 saturated carbocycles. The van der Waals surface area contributed by atoms with E-state index in [2.05, 4.69) is 5.16 Å². The van der Waals surface area contributed by atoms with E-state index in [0.29, 0.717) is 11.6 Å². The van der Waals surface area contributed by atoms with Crippen LogP contribution in [0.3, 0.4) is 0 Å². The number of amides is 1. The molecule has 1 unspecified atom stereocenters. The SMILES string of the molecule is Cc1noc(C)c1-c1ccccc1-c1csc(N(C)C(=O)C(CC(=O)O)Cc2ccccc2)n1. The van der Waals surface area contributed by atoms with Crippen LogP contribution in [0.5, 0.6) is 0 Å². The lowest BCUT2D eigenvalue weighted by Gasteiger charge is -2.21. The summed E-state index contributed by atoms with van der Waals surface area (Å²) in [5.41, 5.74) is 5.24. The van der Waals surface area contributed by atoms with Crippen molar-refractivity contribution in [3.8, 4) is 22.4 Å². The summed E-state index contributed by atoms with van der Waals surface area (Å²) in [5.74, 6) is -1.24. The van der Waals surface area contributed by atoms with Gasteiger partial charge >= 0.3 is 5.97 Å². The second-order valence-electron chi connectivity index (χ2n) is 8.14. The smallest absolute Gasteiger partial charge is 0.304 e. The molecular weight excluding hydrogens is 450 g/mol. The molecule has 4 rings (SSSR count). The molecular formula is C26H25N3O4S. The average Bonchev–Trinajstić information content (AvgIpc) is 3.45. The summed E-state index contributed by atoms with van der Waals surface area (Å²) in [7, 11) is 1.64. The number of aliphatic carboxylic acids is 1. The van der Waals surface area contributed by atoms with Crippen molar-refractivity contribution in [2.24, 2.45) is 5.92 Å².